The Hall–Kier alpha value is 0.130. The fourth-order valence-corrected chi connectivity index (χ4v) is 1.24. The average Bonchev–Trinajstić information content (AvgIpc) is 1.86. The average molecular weight is 247 g/mol. The standard InChI is InChI=1S/C10H15P.BrH/c1-10(2,3)8-4-6-9(11)7-5-8;/h4-7H,11H2,1-3H3;1H. The van der Waals surface area contributed by atoms with Gasteiger partial charge in [0.05, 0.1) is 5.30 Å². The summed E-state index contributed by atoms with van der Waals surface area (Å²) in [5.41, 5.74) is 1.70. The van der Waals surface area contributed by atoms with Gasteiger partial charge < -0.3 is 17.0 Å². The minimum atomic E-state index is 0. The van der Waals surface area contributed by atoms with Gasteiger partial charge in [0.25, 0.3) is 0 Å². The van der Waals surface area contributed by atoms with Crippen LogP contribution in [0.5, 0.6) is 0 Å². The van der Waals surface area contributed by atoms with Crippen LogP contribution in [-0.4, -0.2) is 0 Å². The zero-order chi connectivity index (χ0) is 8.48. The molecular formula is C10H16BrP. The highest BCUT2D eigenvalue weighted by Crippen LogP contribution is 2.20. The summed E-state index contributed by atoms with van der Waals surface area (Å²) >= 11 is 0. The molecule has 12 heavy (non-hydrogen) atoms. The van der Waals surface area contributed by atoms with Gasteiger partial charge in [-0.2, -0.15) is 0 Å². The van der Waals surface area contributed by atoms with Crippen molar-refractivity contribution in [3.05, 3.63) is 29.8 Å². The molecule has 1 aromatic rings. The SMILES string of the molecule is CC(C)(C)c1ccc([PH3+])cc1.[Br-]. The van der Waals surface area contributed by atoms with Crippen molar-refractivity contribution in [3.8, 4) is 0 Å². The van der Waals surface area contributed by atoms with Crippen LogP contribution in [0.25, 0.3) is 0 Å². The van der Waals surface area contributed by atoms with Gasteiger partial charge in [0.1, 0.15) is 0 Å². The van der Waals surface area contributed by atoms with Gasteiger partial charge in [-0.25, -0.2) is 0 Å². The van der Waals surface area contributed by atoms with Gasteiger partial charge in [-0.3, -0.25) is 0 Å². The van der Waals surface area contributed by atoms with E-state index in [2.05, 4.69) is 45.0 Å². The normalized spacial score (nSPS) is 10.9. The first-order chi connectivity index (χ1) is 5.00. The molecule has 68 valence electrons. The Morgan fingerprint density at radius 3 is 1.75 bits per heavy atom. The van der Waals surface area contributed by atoms with Gasteiger partial charge in [-0.15, -0.1) is 0 Å². The predicted molar refractivity (Wildman–Crippen MR) is 55.9 cm³/mol. The summed E-state index contributed by atoms with van der Waals surface area (Å²) in [4.78, 5) is 0. The maximum atomic E-state index is 2.24. The highest BCUT2D eigenvalue weighted by atomic mass is 79.9. The van der Waals surface area contributed by atoms with E-state index in [0.29, 0.717) is 0 Å². The summed E-state index contributed by atoms with van der Waals surface area (Å²) in [6, 6.07) is 8.78. The first-order valence-corrected chi connectivity index (χ1v) is 4.63. The maximum Gasteiger partial charge on any atom is 0.0865 e. The molecule has 0 amide bonds. The fraction of sp³-hybridized carbons (Fsp3) is 0.400. The van der Waals surface area contributed by atoms with E-state index in [0.717, 1.165) is 0 Å². The molecule has 0 aliphatic heterocycles. The molecule has 2 heteroatoms. The van der Waals surface area contributed by atoms with Crippen LogP contribution < -0.4 is 22.3 Å². The second-order valence-corrected chi connectivity index (χ2v) is 4.76. The van der Waals surface area contributed by atoms with Crippen LogP contribution in [0.2, 0.25) is 0 Å². The van der Waals surface area contributed by atoms with Crippen LogP contribution in [0.3, 0.4) is 0 Å². The van der Waals surface area contributed by atoms with E-state index >= 15 is 0 Å². The number of halogens is 1. The largest absolute Gasteiger partial charge is 1.00 e. The number of hydrogen-bond acceptors (Lipinski definition) is 0. The molecule has 0 radical (unpaired) electrons. The van der Waals surface area contributed by atoms with Crippen molar-refractivity contribution in [1.29, 1.82) is 0 Å². The Kier molecular flexibility index (Phi) is 4.44. The minimum absolute atomic E-state index is 0. The first-order valence-electron chi connectivity index (χ1n) is 3.92. The zero-order valence-corrected chi connectivity index (χ0v) is 10.9. The smallest absolute Gasteiger partial charge is 0.0865 e. The molecule has 1 aromatic carbocycles. The third-order valence-corrected chi connectivity index (χ3v) is 2.29. The molecule has 0 spiro atoms. The van der Waals surface area contributed by atoms with E-state index in [-0.39, 0.29) is 22.4 Å². The van der Waals surface area contributed by atoms with Crippen molar-refractivity contribution >= 4 is 14.5 Å². The summed E-state index contributed by atoms with van der Waals surface area (Å²) in [5.74, 6) is 0. The molecule has 0 aliphatic carbocycles. The first kappa shape index (κ1) is 12.1. The zero-order valence-electron chi connectivity index (χ0n) is 7.89. The number of rotatable bonds is 0. The lowest BCUT2D eigenvalue weighted by Gasteiger charge is -2.18. The fourth-order valence-electron chi connectivity index (χ4n) is 1.00. The van der Waals surface area contributed by atoms with E-state index in [4.69, 9.17) is 0 Å². The Morgan fingerprint density at radius 1 is 1.00 bits per heavy atom. The number of benzene rings is 1. The minimum Gasteiger partial charge on any atom is -1.00 e. The third kappa shape index (κ3) is 3.25. The summed E-state index contributed by atoms with van der Waals surface area (Å²) in [6.07, 6.45) is 0. The van der Waals surface area contributed by atoms with Crippen molar-refractivity contribution in [1.82, 2.24) is 0 Å². The Morgan fingerprint density at radius 2 is 1.42 bits per heavy atom. The van der Waals surface area contributed by atoms with Gasteiger partial charge in [0, 0.05) is 9.24 Å². The van der Waals surface area contributed by atoms with Gasteiger partial charge in [0.2, 0.25) is 0 Å². The van der Waals surface area contributed by atoms with Gasteiger partial charge in [-0.05, 0) is 23.1 Å². The van der Waals surface area contributed by atoms with E-state index in [1.54, 1.807) is 0 Å². The predicted octanol–water partition coefficient (Wildman–Crippen LogP) is -0.779. The molecule has 0 N–H and O–H groups in total. The molecule has 0 saturated heterocycles. The summed E-state index contributed by atoms with van der Waals surface area (Å²) in [5, 5.41) is 1.36. The molecule has 0 fully saturated rings. The van der Waals surface area contributed by atoms with Crippen molar-refractivity contribution in [3.63, 3.8) is 0 Å². The molecule has 0 aromatic heterocycles. The molecule has 0 saturated carbocycles. The number of hydrogen-bond donors (Lipinski definition) is 0. The Balaban J connectivity index is 0.00000121. The van der Waals surface area contributed by atoms with Gasteiger partial charge in [0.15, 0.2) is 0 Å². The molecule has 1 rings (SSSR count). The maximum absolute atomic E-state index is 2.24. The monoisotopic (exact) mass is 246 g/mol. The van der Waals surface area contributed by atoms with Crippen molar-refractivity contribution in [2.24, 2.45) is 0 Å². The summed E-state index contributed by atoms with van der Waals surface area (Å²) in [7, 11) is 1.93. The molecule has 0 nitrogen and oxygen atoms in total. The third-order valence-electron chi connectivity index (χ3n) is 1.82. The van der Waals surface area contributed by atoms with E-state index in [1.807, 2.05) is 9.24 Å². The van der Waals surface area contributed by atoms with Crippen LogP contribution in [-0.2, 0) is 5.41 Å². The van der Waals surface area contributed by atoms with E-state index < -0.39 is 0 Å². The van der Waals surface area contributed by atoms with Crippen LogP contribution in [0.4, 0.5) is 0 Å². The molecular weight excluding hydrogens is 231 g/mol. The Bertz CT molecular complexity index is 233. The molecule has 0 aliphatic rings. The lowest BCUT2D eigenvalue weighted by Crippen LogP contribution is -3.00. The molecule has 0 heterocycles. The lowest BCUT2D eigenvalue weighted by atomic mass is 9.87. The second kappa shape index (κ2) is 4.39. The summed E-state index contributed by atoms with van der Waals surface area (Å²) in [6.45, 7) is 6.71. The van der Waals surface area contributed by atoms with E-state index in [1.165, 1.54) is 10.9 Å². The lowest BCUT2D eigenvalue weighted by molar-refractivity contribution is -0.00000262. The highest BCUT2D eigenvalue weighted by molar-refractivity contribution is 7.27. The molecule has 0 bridgehead atoms. The quantitative estimate of drug-likeness (QED) is 0.528. The Labute approximate surface area is 87.7 Å². The van der Waals surface area contributed by atoms with Crippen LogP contribution in [0, 0.1) is 0 Å². The second-order valence-electron chi connectivity index (χ2n) is 3.95. The van der Waals surface area contributed by atoms with Crippen LogP contribution >= 0.6 is 9.24 Å². The van der Waals surface area contributed by atoms with Gasteiger partial charge in [-0.1, -0.05) is 32.9 Å². The highest BCUT2D eigenvalue weighted by Gasteiger charge is 2.12. The van der Waals surface area contributed by atoms with Crippen LogP contribution in [0.1, 0.15) is 26.3 Å². The van der Waals surface area contributed by atoms with Crippen LogP contribution in [0.15, 0.2) is 24.3 Å². The summed E-state index contributed by atoms with van der Waals surface area (Å²) < 4.78 is 0. The van der Waals surface area contributed by atoms with Crippen molar-refractivity contribution < 1.29 is 17.0 Å². The van der Waals surface area contributed by atoms with Crippen molar-refractivity contribution in [2.75, 3.05) is 0 Å². The van der Waals surface area contributed by atoms with Gasteiger partial charge >= 0.3 is 0 Å². The van der Waals surface area contributed by atoms with Crippen molar-refractivity contribution in [2.45, 2.75) is 26.2 Å². The molecule has 1 atom stereocenters. The molecule has 1 unspecified atom stereocenters. The van der Waals surface area contributed by atoms with E-state index in [9.17, 15) is 0 Å². The topological polar surface area (TPSA) is 0 Å².